The minimum Gasteiger partial charge on any atom is -0.488 e. The lowest BCUT2D eigenvalue weighted by molar-refractivity contribution is -0.152. The Balaban J connectivity index is 2.79. The van der Waals surface area contributed by atoms with Crippen LogP contribution >= 0.6 is 0 Å². The Kier molecular flexibility index (Phi) is 7.76. The van der Waals surface area contributed by atoms with E-state index in [0.717, 1.165) is 12.1 Å². The summed E-state index contributed by atoms with van der Waals surface area (Å²) in [5, 5.41) is 0. The molecule has 0 aliphatic heterocycles. The van der Waals surface area contributed by atoms with E-state index < -0.39 is 29.5 Å². The van der Waals surface area contributed by atoms with Gasteiger partial charge in [0.1, 0.15) is 29.6 Å². The number of carbonyl (C=O) groups is 1. The molecule has 0 N–H and O–H groups in total. The van der Waals surface area contributed by atoms with E-state index in [2.05, 4.69) is 4.74 Å². The Hall–Kier alpha value is -1.73. The van der Waals surface area contributed by atoms with Gasteiger partial charge in [0.25, 0.3) is 0 Å². The Morgan fingerprint density at radius 1 is 1.05 bits per heavy atom. The maximum Gasteiger partial charge on any atom is 0.344 e. The molecule has 0 saturated heterocycles. The highest BCUT2D eigenvalue weighted by atomic mass is 19.1. The largest absolute Gasteiger partial charge is 0.488 e. The van der Waals surface area contributed by atoms with Gasteiger partial charge in [0.2, 0.25) is 0 Å². The van der Waals surface area contributed by atoms with Gasteiger partial charge in [0.15, 0.2) is 6.29 Å². The molecular weight excluding hydrogens is 298 g/mol. The second-order valence-corrected chi connectivity index (χ2v) is 4.13. The van der Waals surface area contributed by atoms with Gasteiger partial charge in [0.05, 0.1) is 6.61 Å². The molecule has 1 aromatic rings. The van der Waals surface area contributed by atoms with Crippen LogP contribution in [0.2, 0.25) is 0 Å². The van der Waals surface area contributed by atoms with E-state index in [0.29, 0.717) is 13.2 Å². The number of esters is 1. The third-order valence-corrected chi connectivity index (χ3v) is 2.59. The monoisotopic (exact) mass is 318 g/mol. The molecule has 0 spiro atoms. The number of rotatable bonds is 9. The van der Waals surface area contributed by atoms with Crippen LogP contribution in [-0.4, -0.2) is 38.7 Å². The zero-order valence-corrected chi connectivity index (χ0v) is 12.9. The molecular formula is C15H20F2O5. The van der Waals surface area contributed by atoms with Crippen LogP contribution in [0.15, 0.2) is 12.1 Å². The van der Waals surface area contributed by atoms with Gasteiger partial charge in [-0.25, -0.2) is 13.6 Å². The molecule has 5 nitrogen and oxygen atoms in total. The Morgan fingerprint density at radius 3 is 2.05 bits per heavy atom. The minimum atomic E-state index is -1.05. The highest BCUT2D eigenvalue weighted by Gasteiger charge is 2.21. The van der Waals surface area contributed by atoms with E-state index in [1.54, 1.807) is 20.8 Å². The molecule has 0 radical (unpaired) electrons. The molecule has 7 heteroatoms. The first-order valence-corrected chi connectivity index (χ1v) is 7.05. The summed E-state index contributed by atoms with van der Waals surface area (Å²) in [5.41, 5.74) is -0.736. The van der Waals surface area contributed by atoms with Gasteiger partial charge < -0.3 is 18.9 Å². The van der Waals surface area contributed by atoms with E-state index in [4.69, 9.17) is 14.2 Å². The van der Waals surface area contributed by atoms with E-state index in [9.17, 15) is 13.6 Å². The average molecular weight is 318 g/mol. The molecule has 0 saturated carbocycles. The lowest BCUT2D eigenvalue weighted by Crippen LogP contribution is -2.25. The van der Waals surface area contributed by atoms with Crippen LogP contribution in [0.3, 0.4) is 0 Å². The fourth-order valence-electron chi connectivity index (χ4n) is 1.71. The molecule has 0 bridgehead atoms. The van der Waals surface area contributed by atoms with Crippen molar-refractivity contribution in [1.29, 1.82) is 0 Å². The van der Waals surface area contributed by atoms with Gasteiger partial charge in [-0.3, -0.25) is 0 Å². The number of hydrogen-bond donors (Lipinski definition) is 0. The van der Waals surface area contributed by atoms with Crippen molar-refractivity contribution < 1.29 is 32.5 Å². The lowest BCUT2D eigenvalue weighted by atomic mass is 10.2. The van der Waals surface area contributed by atoms with Crippen LogP contribution in [0.25, 0.3) is 0 Å². The summed E-state index contributed by atoms with van der Waals surface area (Å²) in [6, 6.07) is 1.84. The second-order valence-electron chi connectivity index (χ2n) is 4.13. The lowest BCUT2D eigenvalue weighted by Gasteiger charge is -2.17. The van der Waals surface area contributed by atoms with Crippen molar-refractivity contribution in [2.24, 2.45) is 0 Å². The Morgan fingerprint density at radius 2 is 1.59 bits per heavy atom. The molecule has 0 heterocycles. The number of halogens is 2. The molecule has 0 unspecified atom stereocenters. The van der Waals surface area contributed by atoms with E-state index in [1.807, 2.05) is 0 Å². The number of hydrogen-bond acceptors (Lipinski definition) is 5. The molecule has 0 aromatic heterocycles. The van der Waals surface area contributed by atoms with E-state index >= 15 is 0 Å². The molecule has 0 aliphatic carbocycles. The third kappa shape index (κ3) is 5.23. The first-order valence-electron chi connectivity index (χ1n) is 7.05. The van der Waals surface area contributed by atoms with Gasteiger partial charge in [-0.2, -0.15) is 0 Å². The van der Waals surface area contributed by atoms with Crippen molar-refractivity contribution in [3.8, 4) is 5.75 Å². The topological polar surface area (TPSA) is 54.0 Å². The average Bonchev–Trinajstić information content (AvgIpc) is 2.45. The van der Waals surface area contributed by atoms with Crippen molar-refractivity contribution in [3.63, 3.8) is 0 Å². The Bertz CT molecular complexity index is 464. The fraction of sp³-hybridized carbons (Fsp3) is 0.533. The normalized spacial score (nSPS) is 10.8. The third-order valence-electron chi connectivity index (χ3n) is 2.59. The van der Waals surface area contributed by atoms with Crippen LogP contribution < -0.4 is 4.74 Å². The van der Waals surface area contributed by atoms with Crippen molar-refractivity contribution in [3.05, 3.63) is 29.3 Å². The minimum absolute atomic E-state index is 0.0281. The molecule has 1 aromatic carbocycles. The van der Waals surface area contributed by atoms with Crippen molar-refractivity contribution >= 4 is 5.97 Å². The summed E-state index contributed by atoms with van der Waals surface area (Å²) in [7, 11) is 0. The summed E-state index contributed by atoms with van der Waals surface area (Å²) in [6.07, 6.45) is -0.633. The molecule has 0 atom stereocenters. The van der Waals surface area contributed by atoms with Crippen LogP contribution in [-0.2, 0) is 14.2 Å². The predicted octanol–water partition coefficient (Wildman–Crippen LogP) is 2.92. The molecule has 1 rings (SSSR count). The van der Waals surface area contributed by atoms with Crippen molar-refractivity contribution in [2.45, 2.75) is 27.1 Å². The van der Waals surface area contributed by atoms with Crippen LogP contribution in [0.5, 0.6) is 5.75 Å². The van der Waals surface area contributed by atoms with Crippen LogP contribution in [0.1, 0.15) is 31.1 Å². The van der Waals surface area contributed by atoms with E-state index in [-0.39, 0.29) is 19.0 Å². The predicted molar refractivity (Wildman–Crippen MR) is 74.8 cm³/mol. The van der Waals surface area contributed by atoms with Gasteiger partial charge in [-0.1, -0.05) is 0 Å². The first-order chi connectivity index (χ1) is 10.5. The summed E-state index contributed by atoms with van der Waals surface area (Å²) in [5.74, 6) is -3.20. The molecule has 22 heavy (non-hydrogen) atoms. The number of carbonyl (C=O) groups excluding carboxylic acids is 1. The highest BCUT2D eigenvalue weighted by molar-refractivity contribution is 5.90. The Labute approximate surface area is 128 Å². The zero-order valence-electron chi connectivity index (χ0n) is 12.9. The molecule has 0 amide bonds. The molecule has 0 fully saturated rings. The summed E-state index contributed by atoms with van der Waals surface area (Å²) in [4.78, 5) is 11.5. The van der Waals surface area contributed by atoms with Crippen molar-refractivity contribution in [2.75, 3.05) is 26.4 Å². The van der Waals surface area contributed by atoms with Crippen LogP contribution in [0.4, 0.5) is 8.78 Å². The standard InChI is InChI=1S/C15H20F2O5/c1-4-19-13(20-5-2)9-22-10-7-11(16)14(12(17)8-10)15(18)21-6-3/h7-8,13H,4-6,9H2,1-3H3. The van der Waals surface area contributed by atoms with Gasteiger partial charge in [-0.05, 0) is 20.8 Å². The fourth-order valence-corrected chi connectivity index (χ4v) is 1.71. The second kappa shape index (κ2) is 9.32. The number of ether oxygens (including phenoxy) is 4. The van der Waals surface area contributed by atoms with E-state index in [1.165, 1.54) is 0 Å². The molecule has 0 aliphatic rings. The highest BCUT2D eigenvalue weighted by Crippen LogP contribution is 2.22. The van der Waals surface area contributed by atoms with Crippen molar-refractivity contribution in [1.82, 2.24) is 0 Å². The maximum absolute atomic E-state index is 13.8. The number of benzene rings is 1. The van der Waals surface area contributed by atoms with Gasteiger partial charge in [-0.15, -0.1) is 0 Å². The summed E-state index contributed by atoms with van der Waals surface area (Å²) < 4.78 is 48.0. The summed E-state index contributed by atoms with van der Waals surface area (Å²) in [6.45, 7) is 5.96. The quantitative estimate of drug-likeness (QED) is 0.517. The SMILES string of the molecule is CCOC(=O)c1c(F)cc(OCC(OCC)OCC)cc1F. The van der Waals surface area contributed by atoms with Crippen LogP contribution in [0, 0.1) is 11.6 Å². The zero-order chi connectivity index (χ0) is 16.5. The summed E-state index contributed by atoms with van der Waals surface area (Å²) >= 11 is 0. The first kappa shape index (κ1) is 18.3. The molecule has 124 valence electrons. The van der Waals surface area contributed by atoms with Gasteiger partial charge in [0, 0.05) is 25.3 Å². The maximum atomic E-state index is 13.8. The van der Waals surface area contributed by atoms with Gasteiger partial charge >= 0.3 is 5.97 Å². The smallest absolute Gasteiger partial charge is 0.344 e.